The normalized spacial score (nSPS) is 17.2. The topological polar surface area (TPSA) is 54.3 Å². The van der Waals surface area contributed by atoms with Crippen LogP contribution in [0.5, 0.6) is 0 Å². The van der Waals surface area contributed by atoms with Crippen LogP contribution in [0, 0.1) is 5.92 Å². The van der Waals surface area contributed by atoms with Crippen molar-refractivity contribution in [3.8, 4) is 0 Å². The molecule has 3 rings (SSSR count). The van der Waals surface area contributed by atoms with E-state index in [0.717, 1.165) is 23.7 Å². The van der Waals surface area contributed by atoms with Gasteiger partial charge >= 0.3 is 0 Å². The third-order valence-corrected chi connectivity index (χ3v) is 4.59. The first-order valence-corrected chi connectivity index (χ1v) is 7.67. The van der Waals surface area contributed by atoms with Gasteiger partial charge in [-0.3, -0.25) is 4.79 Å². The first-order chi connectivity index (χ1) is 10.2. The van der Waals surface area contributed by atoms with Gasteiger partial charge in [0.25, 0.3) is 5.91 Å². The summed E-state index contributed by atoms with van der Waals surface area (Å²) in [6.45, 7) is 0.340. The van der Waals surface area contributed by atoms with Gasteiger partial charge in [0.15, 0.2) is 0 Å². The number of nitrogens with one attached hydrogen (secondary N) is 1. The van der Waals surface area contributed by atoms with Gasteiger partial charge in [-0.1, -0.05) is 18.9 Å². The summed E-state index contributed by atoms with van der Waals surface area (Å²) in [6, 6.07) is 7.68. The smallest absolute Gasteiger partial charge is 0.252 e. The fourth-order valence-corrected chi connectivity index (χ4v) is 3.30. The molecular weight excluding hydrogens is 264 g/mol. The molecule has 2 aromatic rings. The van der Waals surface area contributed by atoms with E-state index in [1.54, 1.807) is 0 Å². The number of amides is 1. The van der Waals surface area contributed by atoms with E-state index in [1.165, 1.54) is 12.8 Å². The molecule has 1 amide bonds. The third-order valence-electron chi connectivity index (χ3n) is 4.59. The molecule has 0 spiro atoms. The summed E-state index contributed by atoms with van der Waals surface area (Å²) in [4.78, 5) is 12.4. The first kappa shape index (κ1) is 14.1. The fraction of sp³-hybridized carbons (Fsp3) is 0.471. The molecule has 0 radical (unpaired) electrons. The summed E-state index contributed by atoms with van der Waals surface area (Å²) in [6.07, 6.45) is 6.06. The number of aryl methyl sites for hydroxylation is 1. The maximum absolute atomic E-state index is 12.4. The van der Waals surface area contributed by atoms with Crippen LogP contribution in [0.4, 0.5) is 0 Å². The Hall–Kier alpha value is -1.81. The summed E-state index contributed by atoms with van der Waals surface area (Å²) >= 11 is 0. The molecular formula is C17H22N2O2. The van der Waals surface area contributed by atoms with E-state index in [1.807, 2.05) is 42.1 Å². The lowest BCUT2D eigenvalue weighted by Crippen LogP contribution is -2.35. The van der Waals surface area contributed by atoms with E-state index in [-0.39, 0.29) is 5.91 Å². The molecule has 4 nitrogen and oxygen atoms in total. The monoisotopic (exact) mass is 286 g/mol. The number of fused-ring (bicyclic) bond motifs is 1. The van der Waals surface area contributed by atoms with Crippen LogP contribution in [0.3, 0.4) is 0 Å². The van der Waals surface area contributed by atoms with Crippen molar-refractivity contribution in [3.63, 3.8) is 0 Å². The van der Waals surface area contributed by atoms with Gasteiger partial charge in [-0.05, 0) is 37.0 Å². The molecule has 0 aliphatic heterocycles. The van der Waals surface area contributed by atoms with Crippen molar-refractivity contribution in [2.75, 3.05) is 6.54 Å². The van der Waals surface area contributed by atoms with Gasteiger partial charge in [-0.25, -0.2) is 0 Å². The number of nitrogens with zero attached hydrogens (tertiary/aromatic N) is 1. The van der Waals surface area contributed by atoms with E-state index in [9.17, 15) is 9.90 Å². The Morgan fingerprint density at radius 3 is 2.90 bits per heavy atom. The maximum Gasteiger partial charge on any atom is 0.252 e. The standard InChI is InChI=1S/C17H22N2O2/c1-19-10-9-13-14(7-4-8-15(13)19)17(21)18-11-16(20)12-5-2-3-6-12/h4,7-10,12,16,20H,2-3,5-6,11H2,1H3,(H,18,21). The number of carbonyl (C=O) groups excluding carboxylic acids is 1. The molecule has 2 N–H and O–H groups in total. The second-order valence-corrected chi connectivity index (χ2v) is 5.99. The Kier molecular flexibility index (Phi) is 3.97. The van der Waals surface area contributed by atoms with E-state index in [0.29, 0.717) is 18.0 Å². The number of carbonyl (C=O) groups is 1. The average Bonchev–Trinajstić information content (AvgIpc) is 3.14. The van der Waals surface area contributed by atoms with Gasteiger partial charge < -0.3 is 15.0 Å². The fourth-order valence-electron chi connectivity index (χ4n) is 3.30. The molecule has 1 atom stereocenters. The maximum atomic E-state index is 12.4. The van der Waals surface area contributed by atoms with Gasteiger partial charge in [0.1, 0.15) is 0 Å². The highest BCUT2D eigenvalue weighted by atomic mass is 16.3. The van der Waals surface area contributed by atoms with Crippen molar-refractivity contribution in [2.24, 2.45) is 13.0 Å². The number of hydrogen-bond donors (Lipinski definition) is 2. The lowest BCUT2D eigenvalue weighted by atomic mass is 10.0. The molecule has 0 saturated heterocycles. The molecule has 1 aromatic carbocycles. The summed E-state index contributed by atoms with van der Waals surface area (Å²) in [5, 5.41) is 14.0. The lowest BCUT2D eigenvalue weighted by Gasteiger charge is -2.18. The van der Waals surface area contributed by atoms with Crippen molar-refractivity contribution in [1.29, 1.82) is 0 Å². The zero-order valence-electron chi connectivity index (χ0n) is 12.4. The Labute approximate surface area is 124 Å². The largest absolute Gasteiger partial charge is 0.391 e. The minimum absolute atomic E-state index is 0.108. The highest BCUT2D eigenvalue weighted by Gasteiger charge is 2.23. The van der Waals surface area contributed by atoms with Gasteiger partial charge in [-0.2, -0.15) is 0 Å². The number of aromatic nitrogens is 1. The number of hydrogen-bond acceptors (Lipinski definition) is 2. The molecule has 112 valence electrons. The molecule has 1 unspecified atom stereocenters. The summed E-state index contributed by atoms with van der Waals surface area (Å²) in [5.74, 6) is 0.238. The first-order valence-electron chi connectivity index (χ1n) is 7.67. The molecule has 21 heavy (non-hydrogen) atoms. The van der Waals surface area contributed by atoms with Gasteiger partial charge in [0, 0.05) is 36.3 Å². The van der Waals surface area contributed by atoms with E-state index in [4.69, 9.17) is 0 Å². The third kappa shape index (κ3) is 2.81. The van der Waals surface area contributed by atoms with Crippen molar-refractivity contribution in [3.05, 3.63) is 36.0 Å². The van der Waals surface area contributed by atoms with Crippen molar-refractivity contribution >= 4 is 16.8 Å². The quantitative estimate of drug-likeness (QED) is 0.907. The Balaban J connectivity index is 1.69. The Bertz CT molecular complexity index is 641. The van der Waals surface area contributed by atoms with E-state index >= 15 is 0 Å². The molecule has 4 heteroatoms. The lowest BCUT2D eigenvalue weighted by molar-refractivity contribution is 0.0842. The Morgan fingerprint density at radius 2 is 2.14 bits per heavy atom. The van der Waals surface area contributed by atoms with E-state index < -0.39 is 6.10 Å². The van der Waals surface area contributed by atoms with Crippen molar-refractivity contribution in [2.45, 2.75) is 31.8 Å². The predicted octanol–water partition coefficient (Wildman–Crippen LogP) is 2.46. The van der Waals surface area contributed by atoms with Crippen LogP contribution >= 0.6 is 0 Å². The molecule has 1 saturated carbocycles. The molecule has 1 aliphatic rings. The average molecular weight is 286 g/mol. The second kappa shape index (κ2) is 5.90. The van der Waals surface area contributed by atoms with Crippen molar-refractivity contribution in [1.82, 2.24) is 9.88 Å². The Morgan fingerprint density at radius 1 is 1.38 bits per heavy atom. The highest BCUT2D eigenvalue weighted by molar-refractivity contribution is 6.06. The zero-order valence-corrected chi connectivity index (χ0v) is 12.4. The van der Waals surface area contributed by atoms with Crippen LogP contribution in [-0.2, 0) is 7.05 Å². The van der Waals surface area contributed by atoms with Crippen LogP contribution in [-0.4, -0.2) is 28.2 Å². The van der Waals surface area contributed by atoms with Gasteiger partial charge in [0.05, 0.1) is 6.10 Å². The minimum Gasteiger partial charge on any atom is -0.391 e. The summed E-state index contributed by atoms with van der Waals surface area (Å²) in [7, 11) is 1.97. The number of rotatable bonds is 4. The number of aliphatic hydroxyl groups is 1. The number of aliphatic hydroxyl groups excluding tert-OH is 1. The highest BCUT2D eigenvalue weighted by Crippen LogP contribution is 2.27. The van der Waals surface area contributed by atoms with Gasteiger partial charge in [-0.15, -0.1) is 0 Å². The molecule has 0 bridgehead atoms. The van der Waals surface area contributed by atoms with Crippen LogP contribution in [0.2, 0.25) is 0 Å². The minimum atomic E-state index is -0.425. The van der Waals surface area contributed by atoms with Gasteiger partial charge in [0.2, 0.25) is 0 Å². The predicted molar refractivity (Wildman–Crippen MR) is 83.2 cm³/mol. The zero-order chi connectivity index (χ0) is 14.8. The molecule has 1 fully saturated rings. The van der Waals surface area contributed by atoms with Crippen LogP contribution < -0.4 is 5.32 Å². The summed E-state index contributed by atoms with van der Waals surface area (Å²) in [5.41, 5.74) is 1.71. The van der Waals surface area contributed by atoms with Crippen LogP contribution in [0.1, 0.15) is 36.0 Å². The molecule has 1 heterocycles. The summed E-state index contributed by atoms with van der Waals surface area (Å²) < 4.78 is 2.00. The second-order valence-electron chi connectivity index (χ2n) is 5.99. The van der Waals surface area contributed by atoms with Crippen LogP contribution in [0.15, 0.2) is 30.5 Å². The molecule has 1 aromatic heterocycles. The van der Waals surface area contributed by atoms with Crippen LogP contribution in [0.25, 0.3) is 10.9 Å². The van der Waals surface area contributed by atoms with Crippen molar-refractivity contribution < 1.29 is 9.90 Å². The number of benzene rings is 1. The molecule has 1 aliphatic carbocycles. The SMILES string of the molecule is Cn1ccc2c(C(=O)NCC(O)C3CCCC3)cccc21. The van der Waals surface area contributed by atoms with E-state index in [2.05, 4.69) is 5.32 Å².